The van der Waals surface area contributed by atoms with Crippen LogP contribution in [-0.4, -0.2) is 17.3 Å². The molecule has 0 amide bonds. The number of fused-ring (bicyclic) bond motifs is 2. The highest BCUT2D eigenvalue weighted by Crippen LogP contribution is 2.32. The highest BCUT2D eigenvalue weighted by atomic mass is 35.5. The third-order valence-corrected chi connectivity index (χ3v) is 3.47. The summed E-state index contributed by atoms with van der Waals surface area (Å²) in [5.41, 5.74) is 3.32. The Kier molecular flexibility index (Phi) is 3.47. The van der Waals surface area contributed by atoms with Gasteiger partial charge in [-0.3, -0.25) is 0 Å². The summed E-state index contributed by atoms with van der Waals surface area (Å²) in [5, 5.41) is 9.48. The number of nitrogens with zero attached hydrogens (tertiary/aromatic N) is 2. The van der Waals surface area contributed by atoms with Crippen molar-refractivity contribution in [3.8, 4) is 29.2 Å². The second-order valence-corrected chi connectivity index (χ2v) is 4.83. The first kappa shape index (κ1) is 13.4. The molecule has 0 saturated carbocycles. The van der Waals surface area contributed by atoms with Crippen molar-refractivity contribution in [3.05, 3.63) is 53.3 Å². The van der Waals surface area contributed by atoms with Crippen molar-refractivity contribution in [1.82, 2.24) is 10.2 Å². The number of hydrogen-bond acceptors (Lipinski definition) is 3. The minimum atomic E-state index is 0.339. The van der Waals surface area contributed by atoms with E-state index in [1.165, 1.54) is 11.1 Å². The van der Waals surface area contributed by atoms with Crippen LogP contribution in [0.2, 0.25) is 5.15 Å². The molecular weight excluding hydrogens is 284 g/mol. The molecule has 1 aromatic heterocycles. The molecule has 3 nitrogen and oxygen atoms in total. The fourth-order valence-electron chi connectivity index (χ4n) is 2.01. The topological polar surface area (TPSA) is 35.0 Å². The highest BCUT2D eigenvalue weighted by Gasteiger charge is 2.07. The summed E-state index contributed by atoms with van der Waals surface area (Å²) in [6.45, 7) is 0. The molecule has 1 heterocycles. The van der Waals surface area contributed by atoms with E-state index in [-0.39, 0.29) is 0 Å². The molecule has 4 heteroatoms. The predicted octanol–water partition coefficient (Wildman–Crippen LogP) is 3.94. The van der Waals surface area contributed by atoms with E-state index in [0.29, 0.717) is 16.6 Å². The van der Waals surface area contributed by atoms with E-state index >= 15 is 0 Å². The molecule has 2 aliphatic rings. The van der Waals surface area contributed by atoms with Gasteiger partial charge in [0, 0.05) is 10.8 Å². The minimum absolute atomic E-state index is 0.339. The molecule has 2 aliphatic carbocycles. The van der Waals surface area contributed by atoms with Crippen LogP contribution >= 0.6 is 11.6 Å². The van der Waals surface area contributed by atoms with Gasteiger partial charge in [0.2, 0.25) is 0 Å². The van der Waals surface area contributed by atoms with Gasteiger partial charge in [0.25, 0.3) is 0 Å². The monoisotopic (exact) mass is 294 g/mol. The van der Waals surface area contributed by atoms with Crippen LogP contribution in [0.4, 0.5) is 0 Å². The molecule has 4 rings (SSSR count). The van der Waals surface area contributed by atoms with Gasteiger partial charge in [-0.1, -0.05) is 29.8 Å². The van der Waals surface area contributed by atoms with Gasteiger partial charge >= 0.3 is 0 Å². The lowest BCUT2D eigenvalue weighted by atomic mass is 10.1. The number of ether oxygens (including phenoxy) is 1. The van der Waals surface area contributed by atoms with Crippen LogP contribution in [0.3, 0.4) is 0 Å². The number of aromatic nitrogens is 2. The number of terminal acetylenes is 1. The van der Waals surface area contributed by atoms with Crippen molar-refractivity contribution < 1.29 is 4.74 Å². The van der Waals surface area contributed by atoms with E-state index in [1.807, 2.05) is 6.07 Å². The summed E-state index contributed by atoms with van der Waals surface area (Å²) in [6.07, 6.45) is 5.32. The van der Waals surface area contributed by atoms with Crippen molar-refractivity contribution in [2.75, 3.05) is 7.11 Å². The van der Waals surface area contributed by atoms with E-state index in [9.17, 15) is 0 Å². The first-order valence-corrected chi connectivity index (χ1v) is 6.67. The first-order chi connectivity index (χ1) is 10.2. The van der Waals surface area contributed by atoms with Crippen LogP contribution in [0, 0.1) is 12.3 Å². The summed E-state index contributed by atoms with van der Waals surface area (Å²) < 4.78 is 5.10. The molecule has 0 N–H and O–H groups in total. The maximum absolute atomic E-state index is 5.90. The smallest absolute Gasteiger partial charge is 0.159 e. The zero-order valence-corrected chi connectivity index (χ0v) is 12.1. The van der Waals surface area contributed by atoms with Gasteiger partial charge in [0.15, 0.2) is 5.15 Å². The Bertz CT molecular complexity index is 851. The number of rotatable bonds is 1. The SMILES string of the molecule is C#Cc1nnc(Cl)c2ccc(OC)cc12.c1cc2cc-2c1. The molecule has 0 radical (unpaired) electrons. The molecule has 0 atom stereocenters. The molecule has 0 fully saturated rings. The standard InChI is InChI=1S/C11H7ClN2O.C6H4/c1-3-10-9-6-7(15-2)4-5-8(9)11(12)14-13-10;1-2-5-4-6(5)3-1/h1,4-6H,2H3;1-4H. The third kappa shape index (κ3) is 2.67. The van der Waals surface area contributed by atoms with E-state index in [0.717, 1.165) is 10.8 Å². The third-order valence-electron chi connectivity index (χ3n) is 3.19. The lowest BCUT2D eigenvalue weighted by Crippen LogP contribution is -1.92. The number of halogens is 1. The first-order valence-electron chi connectivity index (χ1n) is 6.30. The van der Waals surface area contributed by atoms with Crippen molar-refractivity contribution in [2.45, 2.75) is 0 Å². The van der Waals surface area contributed by atoms with Gasteiger partial charge in [-0.05, 0) is 41.3 Å². The maximum Gasteiger partial charge on any atom is 0.159 e. The fourth-order valence-corrected chi connectivity index (χ4v) is 2.21. The molecule has 2 aromatic rings. The van der Waals surface area contributed by atoms with Crippen LogP contribution in [-0.2, 0) is 0 Å². The average Bonchev–Trinajstić information content (AvgIpc) is 3.13. The van der Waals surface area contributed by atoms with Crippen LogP contribution in [0.15, 0.2) is 42.5 Å². The summed E-state index contributed by atoms with van der Waals surface area (Å²) in [4.78, 5) is 0. The Hall–Kier alpha value is -2.57. The predicted molar refractivity (Wildman–Crippen MR) is 84.5 cm³/mol. The quantitative estimate of drug-likeness (QED) is 0.499. The van der Waals surface area contributed by atoms with Crippen LogP contribution in [0.25, 0.3) is 21.9 Å². The molecule has 1 aromatic carbocycles. The second kappa shape index (κ2) is 5.43. The van der Waals surface area contributed by atoms with E-state index in [2.05, 4.69) is 40.4 Å². The number of methoxy groups -OCH3 is 1. The van der Waals surface area contributed by atoms with E-state index < -0.39 is 0 Å². The molecule has 0 bridgehead atoms. The number of hydrogen-bond donors (Lipinski definition) is 0. The Labute approximate surface area is 127 Å². The average molecular weight is 295 g/mol. The largest absolute Gasteiger partial charge is 0.497 e. The summed E-state index contributed by atoms with van der Waals surface area (Å²) in [6, 6.07) is 13.9. The second-order valence-electron chi connectivity index (χ2n) is 4.48. The molecule has 0 aliphatic heterocycles. The fraction of sp³-hybridized carbons (Fsp3) is 0.0588. The number of benzene rings is 2. The molecule has 21 heavy (non-hydrogen) atoms. The Morgan fingerprint density at radius 3 is 2.33 bits per heavy atom. The van der Waals surface area contributed by atoms with Crippen LogP contribution in [0.5, 0.6) is 5.75 Å². The van der Waals surface area contributed by atoms with E-state index in [1.54, 1.807) is 19.2 Å². The van der Waals surface area contributed by atoms with Crippen LogP contribution < -0.4 is 4.74 Å². The van der Waals surface area contributed by atoms with Crippen molar-refractivity contribution in [2.24, 2.45) is 0 Å². The van der Waals surface area contributed by atoms with E-state index in [4.69, 9.17) is 22.8 Å². The van der Waals surface area contributed by atoms with Crippen molar-refractivity contribution >= 4 is 22.4 Å². The maximum atomic E-state index is 5.90. The minimum Gasteiger partial charge on any atom is -0.497 e. The molecule has 0 saturated heterocycles. The zero-order valence-electron chi connectivity index (χ0n) is 11.3. The molecular formula is C17H11ClN2O. The summed E-state index contributed by atoms with van der Waals surface area (Å²) in [7, 11) is 1.59. The lowest BCUT2D eigenvalue weighted by Gasteiger charge is -2.04. The Morgan fingerprint density at radius 1 is 1.05 bits per heavy atom. The van der Waals surface area contributed by atoms with Crippen molar-refractivity contribution in [3.63, 3.8) is 0 Å². The Balaban J connectivity index is 0.000000180. The summed E-state index contributed by atoms with van der Waals surface area (Å²) >= 11 is 5.90. The van der Waals surface area contributed by atoms with Crippen LogP contribution in [0.1, 0.15) is 5.69 Å². The van der Waals surface area contributed by atoms with Crippen molar-refractivity contribution in [1.29, 1.82) is 0 Å². The van der Waals surface area contributed by atoms with Gasteiger partial charge in [-0.15, -0.1) is 16.6 Å². The van der Waals surface area contributed by atoms with Gasteiger partial charge in [-0.25, -0.2) is 0 Å². The zero-order chi connectivity index (χ0) is 14.8. The normalized spacial score (nSPS) is 10.3. The molecule has 102 valence electrons. The lowest BCUT2D eigenvalue weighted by molar-refractivity contribution is 0.415. The van der Waals surface area contributed by atoms with Gasteiger partial charge in [-0.2, -0.15) is 0 Å². The van der Waals surface area contributed by atoms with Gasteiger partial charge in [0.1, 0.15) is 11.4 Å². The van der Waals surface area contributed by atoms with Gasteiger partial charge in [0.05, 0.1) is 7.11 Å². The summed E-state index contributed by atoms with van der Waals surface area (Å²) in [5.74, 6) is 3.17. The highest BCUT2D eigenvalue weighted by molar-refractivity contribution is 6.34. The van der Waals surface area contributed by atoms with Gasteiger partial charge < -0.3 is 4.74 Å². The molecule has 0 unspecified atom stereocenters. The molecule has 0 spiro atoms. The Morgan fingerprint density at radius 2 is 1.81 bits per heavy atom.